The minimum atomic E-state index is 0. The third kappa shape index (κ3) is 5.35. The van der Waals surface area contributed by atoms with Crippen LogP contribution in [0, 0.1) is 6.92 Å². The number of benzene rings is 1. The predicted molar refractivity (Wildman–Crippen MR) is 88.4 cm³/mol. The van der Waals surface area contributed by atoms with Crippen LogP contribution in [0.4, 0.5) is 0 Å². The smallest absolute Gasteiger partial charge is 0.232 e. The highest BCUT2D eigenvalue weighted by Crippen LogP contribution is 2.15. The summed E-state index contributed by atoms with van der Waals surface area (Å²) in [7, 11) is 0. The average molecular weight is 315 g/mol. The molecular formula is C15H23ClN2OS. The monoisotopic (exact) mass is 314 g/mol. The highest BCUT2D eigenvalue weighted by molar-refractivity contribution is 7.99. The Morgan fingerprint density at radius 3 is 2.75 bits per heavy atom. The molecule has 5 heteroatoms. The molecule has 1 saturated heterocycles. The van der Waals surface area contributed by atoms with Crippen molar-refractivity contribution in [3.05, 3.63) is 35.4 Å². The molecule has 1 heterocycles. The number of carbonyl (C=O) groups excluding carboxylic acids is 1. The lowest BCUT2D eigenvalue weighted by atomic mass is 10.1. The summed E-state index contributed by atoms with van der Waals surface area (Å²) < 4.78 is 0. The van der Waals surface area contributed by atoms with Crippen molar-refractivity contribution in [3.63, 3.8) is 0 Å². The minimum absolute atomic E-state index is 0. The lowest BCUT2D eigenvalue weighted by molar-refractivity contribution is -0.129. The van der Waals surface area contributed by atoms with E-state index in [9.17, 15) is 4.79 Å². The average Bonchev–Trinajstić information content (AvgIpc) is 2.39. The van der Waals surface area contributed by atoms with Gasteiger partial charge in [-0.2, -0.15) is 0 Å². The molecule has 0 spiro atoms. The molecule has 1 aliphatic rings. The van der Waals surface area contributed by atoms with Gasteiger partial charge < -0.3 is 10.6 Å². The number of nitrogens with two attached hydrogens (primary N) is 1. The van der Waals surface area contributed by atoms with Gasteiger partial charge in [0, 0.05) is 24.9 Å². The summed E-state index contributed by atoms with van der Waals surface area (Å²) in [5.74, 6) is 1.73. The first-order valence-corrected chi connectivity index (χ1v) is 7.97. The zero-order valence-electron chi connectivity index (χ0n) is 11.9. The molecular weight excluding hydrogens is 292 g/mol. The predicted octanol–water partition coefficient (Wildman–Crippen LogP) is 2.60. The number of piperidine rings is 1. The first kappa shape index (κ1) is 17.3. The number of likely N-dealkylation sites (tertiary alicyclic amines) is 1. The van der Waals surface area contributed by atoms with Crippen molar-refractivity contribution in [1.29, 1.82) is 0 Å². The SMILES string of the molecule is Cc1cccc(CSCC(=O)N2CCC(N)CC2)c1.Cl. The third-order valence-corrected chi connectivity index (χ3v) is 4.46. The molecule has 0 radical (unpaired) electrons. The summed E-state index contributed by atoms with van der Waals surface area (Å²) >= 11 is 1.70. The van der Waals surface area contributed by atoms with Gasteiger partial charge in [-0.1, -0.05) is 29.8 Å². The maximum absolute atomic E-state index is 12.0. The maximum atomic E-state index is 12.0. The number of nitrogens with zero attached hydrogens (tertiary/aromatic N) is 1. The van der Waals surface area contributed by atoms with Crippen molar-refractivity contribution in [3.8, 4) is 0 Å². The van der Waals surface area contributed by atoms with Crippen LogP contribution in [0.25, 0.3) is 0 Å². The van der Waals surface area contributed by atoms with Gasteiger partial charge >= 0.3 is 0 Å². The topological polar surface area (TPSA) is 46.3 Å². The van der Waals surface area contributed by atoms with Crippen LogP contribution in [0.3, 0.4) is 0 Å². The van der Waals surface area contributed by atoms with Crippen molar-refractivity contribution in [2.24, 2.45) is 5.73 Å². The zero-order chi connectivity index (χ0) is 13.7. The Kier molecular flexibility index (Phi) is 7.41. The molecule has 0 bridgehead atoms. The second-order valence-electron chi connectivity index (χ2n) is 5.20. The summed E-state index contributed by atoms with van der Waals surface area (Å²) in [5, 5.41) is 0. The van der Waals surface area contributed by atoms with E-state index >= 15 is 0 Å². The summed E-state index contributed by atoms with van der Waals surface area (Å²) in [6.07, 6.45) is 1.88. The normalized spacial score (nSPS) is 15.8. The van der Waals surface area contributed by atoms with Crippen LogP contribution in [0.5, 0.6) is 0 Å². The van der Waals surface area contributed by atoms with Gasteiger partial charge in [-0.25, -0.2) is 0 Å². The Morgan fingerprint density at radius 1 is 1.40 bits per heavy atom. The molecule has 0 aliphatic carbocycles. The van der Waals surface area contributed by atoms with Gasteiger partial charge in [0.05, 0.1) is 5.75 Å². The van der Waals surface area contributed by atoms with E-state index in [0.717, 1.165) is 31.7 Å². The lowest BCUT2D eigenvalue weighted by Gasteiger charge is -2.30. The van der Waals surface area contributed by atoms with Crippen LogP contribution in [0.2, 0.25) is 0 Å². The number of aryl methyl sites for hydroxylation is 1. The third-order valence-electron chi connectivity index (χ3n) is 3.47. The number of hydrogen-bond donors (Lipinski definition) is 1. The van der Waals surface area contributed by atoms with Crippen molar-refractivity contribution in [1.82, 2.24) is 4.90 Å². The summed E-state index contributed by atoms with van der Waals surface area (Å²) in [6, 6.07) is 8.74. The lowest BCUT2D eigenvalue weighted by Crippen LogP contribution is -2.43. The first-order chi connectivity index (χ1) is 9.15. The van der Waals surface area contributed by atoms with E-state index in [1.165, 1.54) is 11.1 Å². The summed E-state index contributed by atoms with van der Waals surface area (Å²) in [6.45, 7) is 3.74. The van der Waals surface area contributed by atoms with E-state index in [2.05, 4.69) is 31.2 Å². The molecule has 2 rings (SSSR count). The highest BCUT2D eigenvalue weighted by Gasteiger charge is 2.19. The van der Waals surface area contributed by atoms with Crippen LogP contribution in [0.15, 0.2) is 24.3 Å². The largest absolute Gasteiger partial charge is 0.342 e. The molecule has 0 aromatic heterocycles. The van der Waals surface area contributed by atoms with Crippen LogP contribution in [-0.2, 0) is 10.5 Å². The Hall–Kier alpha value is -0.710. The Balaban J connectivity index is 0.00000200. The molecule has 1 aromatic rings. The number of carbonyl (C=O) groups is 1. The number of rotatable bonds is 4. The van der Waals surface area contributed by atoms with Crippen LogP contribution in [0.1, 0.15) is 24.0 Å². The Morgan fingerprint density at radius 2 is 2.10 bits per heavy atom. The fourth-order valence-electron chi connectivity index (χ4n) is 2.30. The molecule has 0 atom stereocenters. The molecule has 112 valence electrons. The molecule has 1 fully saturated rings. The highest BCUT2D eigenvalue weighted by atomic mass is 35.5. The van der Waals surface area contributed by atoms with Gasteiger partial charge in [-0.15, -0.1) is 24.2 Å². The standard InChI is InChI=1S/C15H22N2OS.ClH/c1-12-3-2-4-13(9-12)10-19-11-15(18)17-7-5-14(16)6-8-17;/h2-4,9,14H,5-8,10-11,16H2,1H3;1H. The minimum Gasteiger partial charge on any atom is -0.342 e. The van der Waals surface area contributed by atoms with Crippen molar-refractivity contribution < 1.29 is 4.79 Å². The molecule has 1 amide bonds. The first-order valence-electron chi connectivity index (χ1n) is 6.82. The molecule has 20 heavy (non-hydrogen) atoms. The van der Waals surface area contributed by atoms with Crippen molar-refractivity contribution >= 4 is 30.1 Å². The van der Waals surface area contributed by atoms with Gasteiger partial charge in [0.25, 0.3) is 0 Å². The number of halogens is 1. The van der Waals surface area contributed by atoms with E-state index in [1.807, 2.05) is 4.90 Å². The second-order valence-corrected chi connectivity index (χ2v) is 6.19. The van der Waals surface area contributed by atoms with Crippen LogP contribution < -0.4 is 5.73 Å². The van der Waals surface area contributed by atoms with Gasteiger partial charge in [-0.05, 0) is 25.3 Å². The fraction of sp³-hybridized carbons (Fsp3) is 0.533. The Bertz CT molecular complexity index is 434. The van der Waals surface area contributed by atoms with Crippen molar-refractivity contribution in [2.45, 2.75) is 31.6 Å². The van der Waals surface area contributed by atoms with E-state index in [1.54, 1.807) is 11.8 Å². The van der Waals surface area contributed by atoms with E-state index < -0.39 is 0 Å². The van der Waals surface area contributed by atoms with Gasteiger partial charge in [0.15, 0.2) is 0 Å². The fourth-order valence-corrected chi connectivity index (χ4v) is 3.17. The molecule has 0 saturated carbocycles. The molecule has 1 aliphatic heterocycles. The van der Waals surface area contributed by atoms with Gasteiger partial charge in [0.2, 0.25) is 5.91 Å². The number of thioether (sulfide) groups is 1. The summed E-state index contributed by atoms with van der Waals surface area (Å²) in [4.78, 5) is 14.0. The Labute approximate surface area is 131 Å². The summed E-state index contributed by atoms with van der Waals surface area (Å²) in [5.41, 5.74) is 8.41. The van der Waals surface area contributed by atoms with Crippen molar-refractivity contribution in [2.75, 3.05) is 18.8 Å². The number of hydrogen-bond acceptors (Lipinski definition) is 3. The van der Waals surface area contributed by atoms with E-state index in [4.69, 9.17) is 5.73 Å². The zero-order valence-corrected chi connectivity index (χ0v) is 13.5. The molecule has 2 N–H and O–H groups in total. The quantitative estimate of drug-likeness (QED) is 0.929. The van der Waals surface area contributed by atoms with E-state index in [0.29, 0.717) is 5.75 Å². The van der Waals surface area contributed by atoms with Gasteiger partial charge in [-0.3, -0.25) is 4.79 Å². The maximum Gasteiger partial charge on any atom is 0.232 e. The molecule has 1 aromatic carbocycles. The van der Waals surface area contributed by atoms with Crippen LogP contribution >= 0.6 is 24.2 Å². The van der Waals surface area contributed by atoms with Crippen LogP contribution in [-0.4, -0.2) is 35.7 Å². The number of amides is 1. The van der Waals surface area contributed by atoms with E-state index in [-0.39, 0.29) is 24.4 Å². The molecule has 3 nitrogen and oxygen atoms in total. The molecule has 0 unspecified atom stereocenters. The van der Waals surface area contributed by atoms with Gasteiger partial charge in [0.1, 0.15) is 0 Å². The second kappa shape index (κ2) is 8.55.